The summed E-state index contributed by atoms with van der Waals surface area (Å²) in [7, 11) is 0. The van der Waals surface area contributed by atoms with Crippen LogP contribution in [0.1, 0.15) is 25.3 Å². The minimum atomic E-state index is -0.601. The van der Waals surface area contributed by atoms with Crippen molar-refractivity contribution >= 4 is 17.5 Å². The second kappa shape index (κ2) is 8.98. The molecule has 0 fully saturated rings. The number of carbonyl (C=O) groups is 3. The Kier molecular flexibility index (Phi) is 7.21. The number of Topliss-reactive ketones (excluding diaryl/α,β-unsaturated/α-hetero) is 2. The van der Waals surface area contributed by atoms with Crippen LogP contribution in [0, 0.1) is 0 Å². The van der Waals surface area contributed by atoms with Crippen molar-refractivity contribution in [2.24, 2.45) is 0 Å². The third-order valence-electron chi connectivity index (χ3n) is 2.42. The third-order valence-corrected chi connectivity index (χ3v) is 2.42. The van der Waals surface area contributed by atoms with E-state index in [-0.39, 0.29) is 31.8 Å². The molecule has 0 atom stereocenters. The lowest BCUT2D eigenvalue weighted by atomic mass is 10.1. The lowest BCUT2D eigenvalue weighted by Crippen LogP contribution is -2.17. The first-order chi connectivity index (χ1) is 9.61. The molecule has 108 valence electrons. The highest BCUT2D eigenvalue weighted by Gasteiger charge is 2.14. The molecule has 0 aliphatic rings. The molecule has 5 heteroatoms. The van der Waals surface area contributed by atoms with Gasteiger partial charge in [0.25, 0.3) is 0 Å². The molecule has 0 radical (unpaired) electrons. The summed E-state index contributed by atoms with van der Waals surface area (Å²) in [5.74, 6) is -1.39. The van der Waals surface area contributed by atoms with Crippen LogP contribution in [0.25, 0.3) is 0 Å². The molecule has 0 spiro atoms. The van der Waals surface area contributed by atoms with Crippen LogP contribution in [-0.4, -0.2) is 30.7 Å². The molecule has 0 saturated heterocycles. The van der Waals surface area contributed by atoms with Crippen molar-refractivity contribution in [1.29, 1.82) is 0 Å². The molecule has 0 unspecified atom stereocenters. The van der Waals surface area contributed by atoms with Gasteiger partial charge in [0.15, 0.2) is 11.6 Å². The molecule has 1 aromatic carbocycles. The zero-order valence-corrected chi connectivity index (χ0v) is 11.5. The number of ether oxygens (including phenoxy) is 2. The van der Waals surface area contributed by atoms with E-state index >= 15 is 0 Å². The second-order valence-electron chi connectivity index (χ2n) is 4.21. The van der Waals surface area contributed by atoms with Gasteiger partial charge in [-0.1, -0.05) is 30.3 Å². The number of ketones is 2. The molecular weight excluding hydrogens is 260 g/mol. The van der Waals surface area contributed by atoms with Gasteiger partial charge in [0.05, 0.1) is 19.6 Å². The Morgan fingerprint density at radius 3 is 2.35 bits per heavy atom. The number of hydrogen-bond donors (Lipinski definition) is 0. The number of hydrogen-bond acceptors (Lipinski definition) is 5. The molecule has 0 aliphatic carbocycles. The van der Waals surface area contributed by atoms with Crippen molar-refractivity contribution in [2.75, 3.05) is 13.2 Å². The summed E-state index contributed by atoms with van der Waals surface area (Å²) in [5.41, 5.74) is 0.957. The Morgan fingerprint density at radius 1 is 1.00 bits per heavy atom. The Balaban J connectivity index is 2.20. The molecule has 0 bridgehead atoms. The normalized spacial score (nSPS) is 10.1. The van der Waals surface area contributed by atoms with Crippen molar-refractivity contribution in [2.45, 2.75) is 26.4 Å². The van der Waals surface area contributed by atoms with Crippen molar-refractivity contribution in [3.8, 4) is 0 Å². The molecule has 1 aromatic rings. The zero-order chi connectivity index (χ0) is 14.8. The Hall–Kier alpha value is -2.01. The van der Waals surface area contributed by atoms with E-state index in [2.05, 4.69) is 4.74 Å². The van der Waals surface area contributed by atoms with Gasteiger partial charge in [-0.15, -0.1) is 0 Å². The van der Waals surface area contributed by atoms with Gasteiger partial charge in [-0.3, -0.25) is 14.4 Å². The summed E-state index contributed by atoms with van der Waals surface area (Å²) in [5, 5.41) is 0. The Morgan fingerprint density at radius 2 is 1.70 bits per heavy atom. The van der Waals surface area contributed by atoms with Gasteiger partial charge in [-0.25, -0.2) is 0 Å². The highest BCUT2D eigenvalue weighted by molar-refractivity contribution is 6.05. The summed E-state index contributed by atoms with van der Waals surface area (Å²) in [4.78, 5) is 33.9. The minimum absolute atomic E-state index is 0.135. The van der Waals surface area contributed by atoms with E-state index in [1.807, 2.05) is 30.3 Å². The molecule has 0 N–H and O–H groups in total. The molecule has 1 rings (SSSR count). The monoisotopic (exact) mass is 278 g/mol. The molecule has 0 amide bonds. The lowest BCUT2D eigenvalue weighted by Gasteiger charge is -2.04. The highest BCUT2D eigenvalue weighted by atomic mass is 16.5. The molecule has 0 saturated carbocycles. The van der Waals surface area contributed by atoms with E-state index in [0.29, 0.717) is 6.61 Å². The molecule has 0 aliphatic heterocycles. The number of esters is 1. The fourth-order valence-corrected chi connectivity index (χ4v) is 1.56. The van der Waals surface area contributed by atoms with E-state index < -0.39 is 11.8 Å². The Labute approximate surface area is 117 Å². The van der Waals surface area contributed by atoms with Crippen LogP contribution in [-0.2, 0) is 30.5 Å². The fraction of sp³-hybridized carbons (Fsp3) is 0.400. The van der Waals surface area contributed by atoms with E-state index in [1.165, 1.54) is 0 Å². The molecular formula is C15H18O5. The molecule has 0 heterocycles. The lowest BCUT2D eigenvalue weighted by molar-refractivity contribution is -0.145. The molecule has 0 aromatic heterocycles. The maximum atomic E-state index is 11.5. The molecule has 20 heavy (non-hydrogen) atoms. The zero-order valence-electron chi connectivity index (χ0n) is 11.5. The van der Waals surface area contributed by atoms with Crippen LogP contribution in [0.5, 0.6) is 0 Å². The van der Waals surface area contributed by atoms with Gasteiger partial charge in [0, 0.05) is 0 Å². The Bertz CT molecular complexity index is 453. The van der Waals surface area contributed by atoms with Crippen LogP contribution in [0.15, 0.2) is 30.3 Å². The standard InChI is InChI=1S/C15H18O5/c1-2-20-15(18)9-13(16)8-14(17)11-19-10-12-6-4-3-5-7-12/h3-7H,2,8-11H2,1H3. The first-order valence-electron chi connectivity index (χ1n) is 6.42. The summed E-state index contributed by atoms with van der Waals surface area (Å²) in [6, 6.07) is 9.42. The topological polar surface area (TPSA) is 69.7 Å². The minimum Gasteiger partial charge on any atom is -0.466 e. The van der Waals surface area contributed by atoms with Crippen molar-refractivity contribution in [3.63, 3.8) is 0 Å². The first-order valence-corrected chi connectivity index (χ1v) is 6.42. The average Bonchev–Trinajstić information content (AvgIpc) is 2.39. The fourth-order valence-electron chi connectivity index (χ4n) is 1.56. The van der Waals surface area contributed by atoms with Gasteiger partial charge in [0.2, 0.25) is 0 Å². The first kappa shape index (κ1) is 16.0. The maximum Gasteiger partial charge on any atom is 0.313 e. The third kappa shape index (κ3) is 6.80. The van der Waals surface area contributed by atoms with Gasteiger partial charge in [-0.2, -0.15) is 0 Å². The largest absolute Gasteiger partial charge is 0.466 e. The van der Waals surface area contributed by atoms with E-state index in [0.717, 1.165) is 5.56 Å². The number of benzene rings is 1. The van der Waals surface area contributed by atoms with Crippen molar-refractivity contribution in [1.82, 2.24) is 0 Å². The van der Waals surface area contributed by atoms with Crippen LogP contribution >= 0.6 is 0 Å². The maximum absolute atomic E-state index is 11.5. The highest BCUT2D eigenvalue weighted by Crippen LogP contribution is 2.01. The van der Waals surface area contributed by atoms with Gasteiger partial charge in [-0.05, 0) is 12.5 Å². The smallest absolute Gasteiger partial charge is 0.313 e. The average molecular weight is 278 g/mol. The predicted octanol–water partition coefficient (Wildman–Crippen LogP) is 1.68. The van der Waals surface area contributed by atoms with Crippen molar-refractivity contribution in [3.05, 3.63) is 35.9 Å². The van der Waals surface area contributed by atoms with E-state index in [4.69, 9.17) is 4.74 Å². The second-order valence-corrected chi connectivity index (χ2v) is 4.21. The molecule has 5 nitrogen and oxygen atoms in total. The summed E-state index contributed by atoms with van der Waals surface area (Å²) in [6.07, 6.45) is -0.661. The summed E-state index contributed by atoms with van der Waals surface area (Å²) >= 11 is 0. The SMILES string of the molecule is CCOC(=O)CC(=O)CC(=O)COCc1ccccc1. The van der Waals surface area contributed by atoms with E-state index in [1.54, 1.807) is 6.92 Å². The number of rotatable bonds is 9. The quantitative estimate of drug-likeness (QED) is 0.508. The summed E-state index contributed by atoms with van der Waals surface area (Å²) < 4.78 is 9.85. The summed E-state index contributed by atoms with van der Waals surface area (Å²) in [6.45, 7) is 2.06. The van der Waals surface area contributed by atoms with Crippen LogP contribution < -0.4 is 0 Å². The predicted molar refractivity (Wildman–Crippen MR) is 72.0 cm³/mol. The van der Waals surface area contributed by atoms with E-state index in [9.17, 15) is 14.4 Å². The van der Waals surface area contributed by atoms with Crippen LogP contribution in [0.2, 0.25) is 0 Å². The van der Waals surface area contributed by atoms with Crippen molar-refractivity contribution < 1.29 is 23.9 Å². The van der Waals surface area contributed by atoms with Gasteiger partial charge in [0.1, 0.15) is 13.0 Å². The van der Waals surface area contributed by atoms with Gasteiger partial charge < -0.3 is 9.47 Å². The van der Waals surface area contributed by atoms with Crippen LogP contribution in [0.3, 0.4) is 0 Å². The van der Waals surface area contributed by atoms with Crippen LogP contribution in [0.4, 0.5) is 0 Å². The van der Waals surface area contributed by atoms with Gasteiger partial charge >= 0.3 is 5.97 Å². The number of carbonyl (C=O) groups excluding carboxylic acids is 3.